The average molecular weight is 324 g/mol. The molecule has 0 spiro atoms. The molecule has 21 heavy (non-hydrogen) atoms. The van der Waals surface area contributed by atoms with Crippen molar-refractivity contribution < 1.29 is 4.79 Å². The van der Waals surface area contributed by atoms with Gasteiger partial charge in [0.05, 0.1) is 10.9 Å². The first kappa shape index (κ1) is 14.1. The molecule has 1 aromatic heterocycles. The average Bonchev–Trinajstić information content (AvgIpc) is 2.82. The predicted molar refractivity (Wildman–Crippen MR) is 86.3 cm³/mol. The Morgan fingerprint density at radius 1 is 1.19 bits per heavy atom. The summed E-state index contributed by atoms with van der Waals surface area (Å²) in [4.78, 5) is 16.1. The molecule has 4 bridgehead atoms. The number of rotatable bonds is 3. The van der Waals surface area contributed by atoms with E-state index in [9.17, 15) is 4.79 Å². The van der Waals surface area contributed by atoms with E-state index in [-0.39, 0.29) is 0 Å². The van der Waals surface area contributed by atoms with E-state index in [1.807, 2.05) is 24.1 Å². The second-order valence-corrected chi connectivity index (χ2v) is 9.16. The Morgan fingerprint density at radius 3 is 2.33 bits per heavy atom. The van der Waals surface area contributed by atoms with Gasteiger partial charge in [0, 0.05) is 17.8 Å². The van der Waals surface area contributed by atoms with Crippen LogP contribution in [0, 0.1) is 29.6 Å². The third-order valence-electron chi connectivity index (χ3n) is 5.91. The molecule has 0 N–H and O–H groups in total. The standard InChI is InChI=1S/C17H22ClNOS/c1-19(9-14-2-3-15(18)21-14)17(20)16-12-5-10-4-11(7-12)8-13(16)6-10/h2-3,10-13,16H,4-9H2,1H3. The maximum absolute atomic E-state index is 12.9. The first-order valence-electron chi connectivity index (χ1n) is 8.09. The first-order valence-corrected chi connectivity index (χ1v) is 9.28. The summed E-state index contributed by atoms with van der Waals surface area (Å²) in [6, 6.07) is 3.95. The van der Waals surface area contributed by atoms with Crippen molar-refractivity contribution in [1.29, 1.82) is 0 Å². The minimum absolute atomic E-state index is 0.304. The van der Waals surface area contributed by atoms with Crippen LogP contribution in [-0.2, 0) is 11.3 Å². The summed E-state index contributed by atoms with van der Waals surface area (Å²) < 4.78 is 0.806. The van der Waals surface area contributed by atoms with E-state index in [1.54, 1.807) is 11.3 Å². The van der Waals surface area contributed by atoms with Gasteiger partial charge in [0.15, 0.2) is 0 Å². The Hall–Kier alpha value is -0.540. The fourth-order valence-corrected chi connectivity index (χ4v) is 6.47. The highest BCUT2D eigenvalue weighted by atomic mass is 35.5. The Balaban J connectivity index is 1.47. The SMILES string of the molecule is CN(Cc1ccc(Cl)s1)C(=O)C1C2CC3CC(C2)CC1C3. The van der Waals surface area contributed by atoms with Gasteiger partial charge in [-0.3, -0.25) is 4.79 Å². The van der Waals surface area contributed by atoms with Crippen LogP contribution in [0.1, 0.15) is 37.0 Å². The minimum Gasteiger partial charge on any atom is -0.340 e. The van der Waals surface area contributed by atoms with E-state index in [4.69, 9.17) is 11.6 Å². The molecule has 0 aliphatic heterocycles. The molecule has 0 atom stereocenters. The first-order chi connectivity index (χ1) is 10.1. The molecule has 0 aromatic carbocycles. The number of hydrogen-bond donors (Lipinski definition) is 0. The highest BCUT2D eigenvalue weighted by molar-refractivity contribution is 7.16. The zero-order valence-corrected chi connectivity index (χ0v) is 14.0. The third kappa shape index (κ3) is 2.53. The normalized spacial score (nSPS) is 37.0. The van der Waals surface area contributed by atoms with Crippen molar-refractivity contribution in [2.75, 3.05) is 7.05 Å². The highest BCUT2D eigenvalue weighted by Crippen LogP contribution is 2.56. The van der Waals surface area contributed by atoms with Crippen LogP contribution < -0.4 is 0 Å². The molecule has 4 aliphatic rings. The number of carbonyl (C=O) groups excluding carboxylic acids is 1. The lowest BCUT2D eigenvalue weighted by molar-refractivity contribution is -0.148. The van der Waals surface area contributed by atoms with Gasteiger partial charge in [-0.1, -0.05) is 11.6 Å². The molecule has 5 rings (SSSR count). The lowest BCUT2D eigenvalue weighted by Gasteiger charge is -2.54. The van der Waals surface area contributed by atoms with Crippen LogP contribution in [-0.4, -0.2) is 17.9 Å². The van der Waals surface area contributed by atoms with Crippen molar-refractivity contribution in [2.45, 2.75) is 38.6 Å². The number of amides is 1. The van der Waals surface area contributed by atoms with E-state index in [2.05, 4.69) is 0 Å². The molecule has 114 valence electrons. The fraction of sp³-hybridized carbons (Fsp3) is 0.706. The largest absolute Gasteiger partial charge is 0.340 e. The highest BCUT2D eigenvalue weighted by Gasteiger charge is 2.51. The van der Waals surface area contributed by atoms with Gasteiger partial charge in [-0.05, 0) is 67.9 Å². The van der Waals surface area contributed by atoms with Gasteiger partial charge in [-0.2, -0.15) is 0 Å². The third-order valence-corrected chi connectivity index (χ3v) is 7.13. The lowest BCUT2D eigenvalue weighted by Crippen LogP contribution is -2.51. The van der Waals surface area contributed by atoms with Gasteiger partial charge in [-0.25, -0.2) is 0 Å². The Kier molecular flexibility index (Phi) is 3.54. The monoisotopic (exact) mass is 323 g/mol. The van der Waals surface area contributed by atoms with Gasteiger partial charge >= 0.3 is 0 Å². The maximum atomic E-state index is 12.9. The zero-order valence-electron chi connectivity index (χ0n) is 12.4. The lowest BCUT2D eigenvalue weighted by atomic mass is 9.51. The number of carbonyl (C=O) groups is 1. The van der Waals surface area contributed by atoms with E-state index in [1.165, 1.54) is 37.0 Å². The molecule has 0 unspecified atom stereocenters. The number of thiophene rings is 1. The van der Waals surface area contributed by atoms with Crippen LogP contribution in [0.5, 0.6) is 0 Å². The topological polar surface area (TPSA) is 20.3 Å². The summed E-state index contributed by atoms with van der Waals surface area (Å²) >= 11 is 7.57. The summed E-state index contributed by atoms with van der Waals surface area (Å²) in [5.74, 6) is 3.88. The minimum atomic E-state index is 0.304. The van der Waals surface area contributed by atoms with Crippen molar-refractivity contribution in [3.05, 3.63) is 21.3 Å². The van der Waals surface area contributed by atoms with Crippen LogP contribution in [0.25, 0.3) is 0 Å². The summed E-state index contributed by atoms with van der Waals surface area (Å²) in [5.41, 5.74) is 0. The second-order valence-electron chi connectivity index (χ2n) is 7.36. The number of hydrogen-bond acceptors (Lipinski definition) is 2. The molecule has 4 fully saturated rings. The van der Waals surface area contributed by atoms with E-state index in [0.29, 0.717) is 30.2 Å². The molecular formula is C17H22ClNOS. The number of nitrogens with zero attached hydrogens (tertiary/aromatic N) is 1. The Morgan fingerprint density at radius 2 is 1.81 bits per heavy atom. The Bertz CT molecular complexity index is 527. The Labute approximate surface area is 135 Å². The number of halogens is 1. The molecule has 4 saturated carbocycles. The molecule has 0 saturated heterocycles. The van der Waals surface area contributed by atoms with Crippen LogP contribution in [0.15, 0.2) is 12.1 Å². The molecule has 1 amide bonds. The van der Waals surface area contributed by atoms with Crippen LogP contribution in [0.3, 0.4) is 0 Å². The summed E-state index contributed by atoms with van der Waals surface area (Å²) in [6.07, 6.45) is 6.67. The van der Waals surface area contributed by atoms with Crippen LogP contribution >= 0.6 is 22.9 Å². The summed E-state index contributed by atoms with van der Waals surface area (Å²) in [5, 5.41) is 0. The molecule has 2 nitrogen and oxygen atoms in total. The molecule has 4 heteroatoms. The quantitative estimate of drug-likeness (QED) is 0.805. The maximum Gasteiger partial charge on any atom is 0.226 e. The molecule has 1 aromatic rings. The summed E-state index contributed by atoms with van der Waals surface area (Å²) in [6.45, 7) is 0.707. The van der Waals surface area contributed by atoms with Crippen molar-refractivity contribution in [2.24, 2.45) is 29.6 Å². The van der Waals surface area contributed by atoms with Crippen molar-refractivity contribution in [3.63, 3.8) is 0 Å². The fourth-order valence-electron chi connectivity index (χ4n) is 5.33. The predicted octanol–water partition coefficient (Wildman–Crippen LogP) is 4.43. The molecule has 0 radical (unpaired) electrons. The zero-order chi connectivity index (χ0) is 14.6. The van der Waals surface area contributed by atoms with Crippen molar-refractivity contribution in [3.8, 4) is 0 Å². The van der Waals surface area contributed by atoms with Gasteiger partial charge in [0.2, 0.25) is 5.91 Å². The second kappa shape index (κ2) is 5.27. The van der Waals surface area contributed by atoms with Gasteiger partial charge in [0.25, 0.3) is 0 Å². The van der Waals surface area contributed by atoms with E-state index < -0.39 is 0 Å². The smallest absolute Gasteiger partial charge is 0.226 e. The van der Waals surface area contributed by atoms with E-state index >= 15 is 0 Å². The van der Waals surface area contributed by atoms with Crippen molar-refractivity contribution in [1.82, 2.24) is 4.90 Å². The van der Waals surface area contributed by atoms with Crippen LogP contribution in [0.4, 0.5) is 0 Å². The molecule has 1 heterocycles. The van der Waals surface area contributed by atoms with Crippen LogP contribution in [0.2, 0.25) is 4.34 Å². The van der Waals surface area contributed by atoms with Gasteiger partial charge in [-0.15, -0.1) is 11.3 Å². The van der Waals surface area contributed by atoms with Crippen molar-refractivity contribution >= 4 is 28.8 Å². The molecular weight excluding hydrogens is 302 g/mol. The van der Waals surface area contributed by atoms with Gasteiger partial charge < -0.3 is 4.90 Å². The van der Waals surface area contributed by atoms with Gasteiger partial charge in [0.1, 0.15) is 0 Å². The molecule has 4 aliphatic carbocycles. The summed E-state index contributed by atoms with van der Waals surface area (Å²) in [7, 11) is 1.96. The van der Waals surface area contributed by atoms with E-state index in [0.717, 1.165) is 16.2 Å².